The Balaban J connectivity index is 0.000000134. The maximum absolute atomic E-state index is 4.37. The summed E-state index contributed by atoms with van der Waals surface area (Å²) in [5, 5.41) is 0. The van der Waals surface area contributed by atoms with E-state index in [2.05, 4.69) is 176 Å². The maximum Gasteiger partial charge on any atom is 0.0516 e. The van der Waals surface area contributed by atoms with Crippen molar-refractivity contribution in [2.24, 2.45) is 0 Å². The van der Waals surface area contributed by atoms with E-state index in [9.17, 15) is 0 Å². The first-order valence-corrected chi connectivity index (χ1v) is 19.0. The van der Waals surface area contributed by atoms with Crippen LogP contribution in [0.2, 0.25) is 0 Å². The van der Waals surface area contributed by atoms with E-state index >= 15 is 0 Å². The number of rotatable bonds is 0. The van der Waals surface area contributed by atoms with Gasteiger partial charge in [0.15, 0.2) is 0 Å². The molecule has 0 N–H and O–H groups in total. The number of hydrogen-bond donors (Lipinski definition) is 0. The van der Waals surface area contributed by atoms with Crippen molar-refractivity contribution in [2.75, 3.05) is 0 Å². The molecule has 4 aliphatic carbocycles. The van der Waals surface area contributed by atoms with E-state index < -0.39 is 0 Å². The molecule has 0 bridgehead atoms. The zero-order chi connectivity index (χ0) is 37.9. The first-order valence-electron chi connectivity index (χ1n) is 19.0. The minimum Gasteiger partial charge on any atom is -0.260 e. The van der Waals surface area contributed by atoms with Gasteiger partial charge in [0.2, 0.25) is 0 Å². The molecule has 0 aliphatic heterocycles. The van der Waals surface area contributed by atoms with Crippen molar-refractivity contribution >= 4 is 24.3 Å². The Morgan fingerprint density at radius 1 is 0.327 bits per heavy atom. The summed E-state index contributed by atoms with van der Waals surface area (Å²) in [5.41, 5.74) is 16.8. The van der Waals surface area contributed by atoms with Crippen molar-refractivity contribution in [3.05, 3.63) is 141 Å². The number of allylic oxidation sites excluding steroid dienone is 4. The van der Waals surface area contributed by atoms with Crippen LogP contribution in [0.1, 0.15) is 150 Å². The van der Waals surface area contributed by atoms with Crippen molar-refractivity contribution < 1.29 is 0 Å². The molecule has 0 saturated carbocycles. The molecule has 0 radical (unpaired) electrons. The van der Waals surface area contributed by atoms with Crippen LogP contribution in [0.3, 0.4) is 0 Å². The first-order chi connectivity index (χ1) is 24.4. The average molecular weight is 693 g/mol. The summed E-state index contributed by atoms with van der Waals surface area (Å²) >= 11 is 0. The second-order valence-corrected chi connectivity index (χ2v) is 18.3. The number of aromatic nitrogens is 4. The second kappa shape index (κ2) is 15.3. The standard InChI is InChI=1S/4C12H15N/c4*1-12(2,3)10-7-8-13-11-6-4-5-9(10)11/h4*4-5,7-8H,6H2,1-3H3. The first kappa shape index (κ1) is 38.8. The highest BCUT2D eigenvalue weighted by molar-refractivity contribution is 5.65. The summed E-state index contributed by atoms with van der Waals surface area (Å²) in [6.07, 6.45) is 29.2. The van der Waals surface area contributed by atoms with E-state index in [0.717, 1.165) is 25.7 Å². The molecular formula is C48H60N4. The zero-order valence-corrected chi connectivity index (χ0v) is 33.9. The van der Waals surface area contributed by atoms with E-state index in [1.807, 2.05) is 24.8 Å². The molecule has 52 heavy (non-hydrogen) atoms. The SMILES string of the molecule is CC(C)(C)c1ccnc2c1C=CC2.CC(C)(C)c1ccnc2c1C=CC2.CC(C)(C)c1ccnc2c1C=CC2.CC(C)(C)c1ccnc2c1C=CC2. The predicted molar refractivity (Wildman–Crippen MR) is 223 cm³/mol. The molecule has 0 atom stereocenters. The maximum atomic E-state index is 4.37. The van der Waals surface area contributed by atoms with Gasteiger partial charge in [-0.25, -0.2) is 0 Å². The number of fused-ring (bicyclic) bond motifs is 4. The van der Waals surface area contributed by atoms with Crippen LogP contribution in [0, 0.1) is 0 Å². The van der Waals surface area contributed by atoms with Gasteiger partial charge in [0.25, 0.3) is 0 Å². The van der Waals surface area contributed by atoms with E-state index in [0.29, 0.717) is 0 Å². The summed E-state index contributed by atoms with van der Waals surface area (Å²) in [6.45, 7) is 26.9. The molecule has 4 aromatic heterocycles. The molecule has 0 amide bonds. The minimum absolute atomic E-state index is 0.224. The van der Waals surface area contributed by atoms with E-state index in [4.69, 9.17) is 0 Å². The van der Waals surface area contributed by atoms with Crippen LogP contribution in [-0.4, -0.2) is 19.9 Å². The number of nitrogens with zero attached hydrogens (tertiary/aromatic N) is 4. The van der Waals surface area contributed by atoms with Gasteiger partial charge in [-0.1, -0.05) is 132 Å². The summed E-state index contributed by atoms with van der Waals surface area (Å²) in [6, 6.07) is 8.53. The van der Waals surface area contributed by atoms with Gasteiger partial charge in [0.05, 0.1) is 22.8 Å². The van der Waals surface area contributed by atoms with Gasteiger partial charge in [0.1, 0.15) is 0 Å². The lowest BCUT2D eigenvalue weighted by Gasteiger charge is -2.21. The van der Waals surface area contributed by atoms with Gasteiger partial charge in [-0.15, -0.1) is 0 Å². The topological polar surface area (TPSA) is 51.6 Å². The van der Waals surface area contributed by atoms with Crippen LogP contribution >= 0.6 is 0 Å². The lowest BCUT2D eigenvalue weighted by molar-refractivity contribution is 0.587. The van der Waals surface area contributed by atoms with Crippen molar-refractivity contribution in [3.63, 3.8) is 0 Å². The lowest BCUT2D eigenvalue weighted by Crippen LogP contribution is -2.13. The molecule has 4 heterocycles. The quantitative estimate of drug-likeness (QED) is 0.184. The van der Waals surface area contributed by atoms with Crippen LogP contribution < -0.4 is 0 Å². The van der Waals surface area contributed by atoms with Gasteiger partial charge in [-0.3, -0.25) is 19.9 Å². The molecule has 4 aromatic rings. The largest absolute Gasteiger partial charge is 0.260 e. The second-order valence-electron chi connectivity index (χ2n) is 18.3. The molecule has 4 aliphatic rings. The highest BCUT2D eigenvalue weighted by Gasteiger charge is 2.23. The molecule has 0 aromatic carbocycles. The Labute approximate surface area is 314 Å². The van der Waals surface area contributed by atoms with Crippen LogP contribution in [0.4, 0.5) is 0 Å². The Morgan fingerprint density at radius 2 is 0.519 bits per heavy atom. The fourth-order valence-electron chi connectivity index (χ4n) is 7.23. The zero-order valence-electron chi connectivity index (χ0n) is 33.9. The highest BCUT2D eigenvalue weighted by atomic mass is 14.7. The summed E-state index contributed by atoms with van der Waals surface area (Å²) in [4.78, 5) is 17.5. The van der Waals surface area contributed by atoms with Gasteiger partial charge in [0, 0.05) is 50.5 Å². The Bertz CT molecular complexity index is 1720. The lowest BCUT2D eigenvalue weighted by atomic mass is 9.84. The monoisotopic (exact) mass is 692 g/mol. The van der Waals surface area contributed by atoms with E-state index in [-0.39, 0.29) is 21.7 Å². The molecule has 0 spiro atoms. The smallest absolute Gasteiger partial charge is 0.0516 e. The summed E-state index contributed by atoms with van der Waals surface area (Å²) in [5.74, 6) is 0. The number of hydrogen-bond acceptors (Lipinski definition) is 4. The fourth-order valence-corrected chi connectivity index (χ4v) is 7.23. The third-order valence-electron chi connectivity index (χ3n) is 9.91. The van der Waals surface area contributed by atoms with Crippen molar-refractivity contribution in [3.8, 4) is 0 Å². The summed E-state index contributed by atoms with van der Waals surface area (Å²) < 4.78 is 0. The molecule has 272 valence electrons. The van der Waals surface area contributed by atoms with E-state index in [1.54, 1.807) is 0 Å². The number of pyridine rings is 4. The van der Waals surface area contributed by atoms with Crippen molar-refractivity contribution in [1.29, 1.82) is 0 Å². The molecule has 0 unspecified atom stereocenters. The molecule has 4 nitrogen and oxygen atoms in total. The van der Waals surface area contributed by atoms with Crippen LogP contribution in [-0.2, 0) is 47.3 Å². The minimum atomic E-state index is 0.224. The molecule has 8 rings (SSSR count). The Kier molecular flexibility index (Phi) is 11.4. The Morgan fingerprint density at radius 3 is 0.692 bits per heavy atom. The average Bonchev–Trinajstić information content (AvgIpc) is 3.89. The molecular weight excluding hydrogens is 633 g/mol. The summed E-state index contributed by atoms with van der Waals surface area (Å²) in [7, 11) is 0. The predicted octanol–water partition coefficient (Wildman–Crippen LogP) is 11.8. The van der Waals surface area contributed by atoms with Crippen LogP contribution in [0.15, 0.2) is 73.4 Å². The van der Waals surface area contributed by atoms with Gasteiger partial charge in [-0.2, -0.15) is 0 Å². The molecule has 0 fully saturated rings. The third kappa shape index (κ3) is 9.13. The van der Waals surface area contributed by atoms with Crippen LogP contribution in [0.5, 0.6) is 0 Å². The van der Waals surface area contributed by atoms with Gasteiger partial charge in [-0.05, 0) is 90.4 Å². The van der Waals surface area contributed by atoms with E-state index in [1.165, 1.54) is 67.3 Å². The van der Waals surface area contributed by atoms with Crippen molar-refractivity contribution in [1.82, 2.24) is 19.9 Å². The highest BCUT2D eigenvalue weighted by Crippen LogP contribution is 2.33. The molecule has 0 saturated heterocycles. The van der Waals surface area contributed by atoms with Gasteiger partial charge < -0.3 is 0 Å². The third-order valence-corrected chi connectivity index (χ3v) is 9.91. The Hall–Kier alpha value is -4.44. The normalized spacial score (nSPS) is 14.7. The van der Waals surface area contributed by atoms with Crippen LogP contribution in [0.25, 0.3) is 24.3 Å². The van der Waals surface area contributed by atoms with Crippen molar-refractivity contribution in [2.45, 2.75) is 130 Å². The molecule has 4 heteroatoms. The fraction of sp³-hybridized carbons (Fsp3) is 0.417. The van der Waals surface area contributed by atoms with Gasteiger partial charge >= 0.3 is 0 Å².